The Balaban J connectivity index is 2.10. The van der Waals surface area contributed by atoms with E-state index in [1.54, 1.807) is 0 Å². The van der Waals surface area contributed by atoms with Gasteiger partial charge in [-0.05, 0) is 30.7 Å². The average molecular weight is 237 g/mol. The van der Waals surface area contributed by atoms with E-state index in [4.69, 9.17) is 5.73 Å². The Hall–Kier alpha value is -2.29. The molecule has 0 unspecified atom stereocenters. The van der Waals surface area contributed by atoms with Crippen LogP contribution in [0.3, 0.4) is 0 Å². The Morgan fingerprint density at radius 3 is 2.67 bits per heavy atom. The molecule has 0 fully saturated rings. The predicted octanol–water partition coefficient (Wildman–Crippen LogP) is 3.23. The maximum absolute atomic E-state index is 5.77. The number of nitrogen functional groups attached to an aromatic ring is 1. The molecule has 1 heterocycles. The lowest BCUT2D eigenvalue weighted by Gasteiger charge is -2.14. The molecule has 18 heavy (non-hydrogen) atoms. The largest absolute Gasteiger partial charge is 0.399 e. The van der Waals surface area contributed by atoms with Crippen LogP contribution in [-0.2, 0) is 0 Å². The molecule has 3 heteroatoms. The number of hydrogen-bond donors (Lipinski definition) is 1. The number of anilines is 1. The SMILES string of the molecule is C[C@H](c1ccccc1)n1cnc2cc(N)ccc21. The summed E-state index contributed by atoms with van der Waals surface area (Å²) in [6, 6.07) is 16.5. The van der Waals surface area contributed by atoms with Crippen molar-refractivity contribution in [2.24, 2.45) is 0 Å². The van der Waals surface area contributed by atoms with Gasteiger partial charge in [-0.3, -0.25) is 0 Å². The zero-order valence-corrected chi connectivity index (χ0v) is 10.2. The van der Waals surface area contributed by atoms with E-state index in [-0.39, 0.29) is 6.04 Å². The van der Waals surface area contributed by atoms with Gasteiger partial charge in [-0.1, -0.05) is 30.3 Å². The van der Waals surface area contributed by atoms with Gasteiger partial charge < -0.3 is 10.3 Å². The van der Waals surface area contributed by atoms with Crippen LogP contribution in [0.25, 0.3) is 11.0 Å². The zero-order valence-electron chi connectivity index (χ0n) is 10.2. The predicted molar refractivity (Wildman–Crippen MR) is 74.4 cm³/mol. The summed E-state index contributed by atoms with van der Waals surface area (Å²) in [6.45, 7) is 2.17. The van der Waals surface area contributed by atoms with Crippen molar-refractivity contribution in [1.29, 1.82) is 0 Å². The molecule has 3 nitrogen and oxygen atoms in total. The number of aromatic nitrogens is 2. The molecule has 1 aromatic heterocycles. The van der Waals surface area contributed by atoms with Gasteiger partial charge in [0, 0.05) is 5.69 Å². The van der Waals surface area contributed by atoms with Crippen LogP contribution < -0.4 is 5.73 Å². The van der Waals surface area contributed by atoms with E-state index in [0.29, 0.717) is 0 Å². The Morgan fingerprint density at radius 2 is 1.89 bits per heavy atom. The van der Waals surface area contributed by atoms with Crippen molar-refractivity contribution in [2.75, 3.05) is 5.73 Å². The number of nitrogens with two attached hydrogens (primary N) is 1. The summed E-state index contributed by atoms with van der Waals surface area (Å²) in [5.41, 5.74) is 9.85. The molecule has 0 saturated heterocycles. The Bertz CT molecular complexity index is 671. The molecule has 90 valence electrons. The van der Waals surface area contributed by atoms with Crippen LogP contribution in [0.5, 0.6) is 0 Å². The first-order valence-electron chi connectivity index (χ1n) is 6.03. The molecule has 0 aliphatic carbocycles. The van der Waals surface area contributed by atoms with Gasteiger partial charge in [0.05, 0.1) is 23.4 Å². The highest BCUT2D eigenvalue weighted by atomic mass is 15.1. The molecule has 0 aliphatic heterocycles. The minimum Gasteiger partial charge on any atom is -0.399 e. The molecule has 3 aromatic rings. The van der Waals surface area contributed by atoms with Gasteiger partial charge in [0.25, 0.3) is 0 Å². The smallest absolute Gasteiger partial charge is 0.0964 e. The standard InChI is InChI=1S/C15H15N3/c1-11(12-5-3-2-4-6-12)18-10-17-14-9-13(16)7-8-15(14)18/h2-11H,16H2,1H3/t11-/m1/s1. The van der Waals surface area contributed by atoms with Crippen molar-refractivity contribution >= 4 is 16.7 Å². The second-order valence-electron chi connectivity index (χ2n) is 4.49. The first-order chi connectivity index (χ1) is 8.75. The first kappa shape index (κ1) is 10.8. The van der Waals surface area contributed by atoms with E-state index in [1.165, 1.54) is 5.56 Å². The number of nitrogens with zero attached hydrogens (tertiary/aromatic N) is 2. The van der Waals surface area contributed by atoms with Crippen LogP contribution in [0.4, 0.5) is 5.69 Å². The maximum atomic E-state index is 5.77. The van der Waals surface area contributed by atoms with Gasteiger partial charge in [-0.2, -0.15) is 0 Å². The summed E-state index contributed by atoms with van der Waals surface area (Å²) in [5, 5.41) is 0. The Morgan fingerprint density at radius 1 is 1.11 bits per heavy atom. The van der Waals surface area contributed by atoms with Crippen LogP contribution in [0.1, 0.15) is 18.5 Å². The highest BCUT2D eigenvalue weighted by molar-refractivity contribution is 5.79. The summed E-state index contributed by atoms with van der Waals surface area (Å²) in [7, 11) is 0. The van der Waals surface area contributed by atoms with Crippen LogP contribution in [0.15, 0.2) is 54.9 Å². The minimum atomic E-state index is 0.264. The lowest BCUT2D eigenvalue weighted by atomic mass is 10.1. The molecule has 2 aromatic carbocycles. The Kier molecular flexibility index (Phi) is 2.52. The normalized spacial score (nSPS) is 12.7. The third-order valence-electron chi connectivity index (χ3n) is 3.30. The third kappa shape index (κ3) is 1.74. The van der Waals surface area contributed by atoms with Crippen molar-refractivity contribution in [1.82, 2.24) is 9.55 Å². The van der Waals surface area contributed by atoms with Crippen molar-refractivity contribution in [3.05, 3.63) is 60.4 Å². The molecule has 0 radical (unpaired) electrons. The molecule has 0 saturated carbocycles. The molecule has 0 aliphatic rings. The molecule has 3 rings (SSSR count). The average Bonchev–Trinajstić information content (AvgIpc) is 2.81. The second-order valence-corrected chi connectivity index (χ2v) is 4.49. The lowest BCUT2D eigenvalue weighted by Crippen LogP contribution is -2.05. The van der Waals surface area contributed by atoms with E-state index in [2.05, 4.69) is 40.7 Å². The summed E-state index contributed by atoms with van der Waals surface area (Å²) in [5.74, 6) is 0. The Labute approximate surface area is 106 Å². The summed E-state index contributed by atoms with van der Waals surface area (Å²) >= 11 is 0. The highest BCUT2D eigenvalue weighted by Crippen LogP contribution is 2.24. The minimum absolute atomic E-state index is 0.264. The van der Waals surface area contributed by atoms with Gasteiger partial charge in [0.15, 0.2) is 0 Å². The van der Waals surface area contributed by atoms with Gasteiger partial charge in [-0.25, -0.2) is 4.98 Å². The summed E-state index contributed by atoms with van der Waals surface area (Å²) < 4.78 is 2.17. The molecule has 1 atom stereocenters. The van der Waals surface area contributed by atoms with Gasteiger partial charge in [0.2, 0.25) is 0 Å². The summed E-state index contributed by atoms with van der Waals surface area (Å²) in [4.78, 5) is 4.41. The first-order valence-corrected chi connectivity index (χ1v) is 6.03. The zero-order chi connectivity index (χ0) is 12.5. The van der Waals surface area contributed by atoms with E-state index >= 15 is 0 Å². The van der Waals surface area contributed by atoms with Gasteiger partial charge in [0.1, 0.15) is 0 Å². The number of hydrogen-bond acceptors (Lipinski definition) is 2. The number of fused-ring (bicyclic) bond motifs is 1. The van der Waals surface area contributed by atoms with Gasteiger partial charge in [-0.15, -0.1) is 0 Å². The second kappa shape index (κ2) is 4.18. The van der Waals surface area contributed by atoms with Gasteiger partial charge >= 0.3 is 0 Å². The fourth-order valence-corrected chi connectivity index (χ4v) is 2.25. The van der Waals surface area contributed by atoms with Crippen molar-refractivity contribution in [2.45, 2.75) is 13.0 Å². The van der Waals surface area contributed by atoms with E-state index in [0.717, 1.165) is 16.7 Å². The quantitative estimate of drug-likeness (QED) is 0.695. The number of rotatable bonds is 2. The fourth-order valence-electron chi connectivity index (χ4n) is 2.25. The van der Waals surface area contributed by atoms with Crippen LogP contribution in [-0.4, -0.2) is 9.55 Å². The maximum Gasteiger partial charge on any atom is 0.0964 e. The van der Waals surface area contributed by atoms with E-state index in [1.807, 2.05) is 30.6 Å². The molecule has 2 N–H and O–H groups in total. The van der Waals surface area contributed by atoms with Crippen molar-refractivity contribution in [3.63, 3.8) is 0 Å². The third-order valence-corrected chi connectivity index (χ3v) is 3.30. The molecule has 0 spiro atoms. The van der Waals surface area contributed by atoms with E-state index in [9.17, 15) is 0 Å². The molecular formula is C15H15N3. The van der Waals surface area contributed by atoms with Crippen molar-refractivity contribution < 1.29 is 0 Å². The molecule has 0 amide bonds. The van der Waals surface area contributed by atoms with Crippen LogP contribution >= 0.6 is 0 Å². The van der Waals surface area contributed by atoms with Crippen LogP contribution in [0, 0.1) is 0 Å². The van der Waals surface area contributed by atoms with Crippen LogP contribution in [0.2, 0.25) is 0 Å². The molecule has 0 bridgehead atoms. The fraction of sp³-hybridized carbons (Fsp3) is 0.133. The lowest BCUT2D eigenvalue weighted by molar-refractivity contribution is 0.658. The topological polar surface area (TPSA) is 43.8 Å². The molecular weight excluding hydrogens is 222 g/mol. The highest BCUT2D eigenvalue weighted by Gasteiger charge is 2.10. The summed E-state index contributed by atoms with van der Waals surface area (Å²) in [6.07, 6.45) is 1.88. The van der Waals surface area contributed by atoms with E-state index < -0.39 is 0 Å². The number of imidazole rings is 1. The number of benzene rings is 2. The monoisotopic (exact) mass is 237 g/mol. The van der Waals surface area contributed by atoms with Crippen molar-refractivity contribution in [3.8, 4) is 0 Å².